The second kappa shape index (κ2) is 9.68. The summed E-state index contributed by atoms with van der Waals surface area (Å²) in [6.07, 6.45) is 6.17. The van der Waals surface area contributed by atoms with Crippen LogP contribution in [-0.4, -0.2) is 52.6 Å². The normalized spacial score (nSPS) is 23.7. The van der Waals surface area contributed by atoms with Gasteiger partial charge < -0.3 is 25.4 Å². The molecule has 8 nitrogen and oxygen atoms in total. The number of piperidine rings is 1. The van der Waals surface area contributed by atoms with Crippen LogP contribution in [0.1, 0.15) is 70.8 Å². The number of hydrogen-bond acceptors (Lipinski definition) is 5. The van der Waals surface area contributed by atoms with Crippen LogP contribution in [0.3, 0.4) is 0 Å². The van der Waals surface area contributed by atoms with E-state index in [4.69, 9.17) is 4.74 Å². The third-order valence-electron chi connectivity index (χ3n) is 6.89. The van der Waals surface area contributed by atoms with E-state index < -0.39 is 29.4 Å². The fourth-order valence-corrected chi connectivity index (χ4v) is 5.12. The molecule has 0 bridgehead atoms. The topological polar surface area (TPSA) is 108 Å². The molecule has 8 heteroatoms. The predicted molar refractivity (Wildman–Crippen MR) is 128 cm³/mol. The molecule has 3 amide bonds. The van der Waals surface area contributed by atoms with E-state index in [0.717, 1.165) is 0 Å². The number of benzene rings is 1. The van der Waals surface area contributed by atoms with E-state index in [1.54, 1.807) is 20.8 Å². The van der Waals surface area contributed by atoms with Crippen molar-refractivity contribution < 1.29 is 24.2 Å². The summed E-state index contributed by atoms with van der Waals surface area (Å²) >= 11 is 0. The number of carbonyl (C=O) groups is 3. The molecule has 3 N–H and O–H groups in total. The van der Waals surface area contributed by atoms with Gasteiger partial charge in [0.1, 0.15) is 16.9 Å². The van der Waals surface area contributed by atoms with Crippen LogP contribution >= 0.6 is 0 Å². The van der Waals surface area contributed by atoms with Crippen molar-refractivity contribution in [2.24, 2.45) is 5.92 Å². The number of carbonyl (C=O) groups excluding carboxylic acids is 3. The van der Waals surface area contributed by atoms with E-state index in [1.807, 2.05) is 24.3 Å². The molecular weight excluding hydrogens is 434 g/mol. The summed E-state index contributed by atoms with van der Waals surface area (Å²) in [6.45, 7) is 5.94. The van der Waals surface area contributed by atoms with Gasteiger partial charge in [-0.25, -0.2) is 4.79 Å². The predicted octanol–water partition coefficient (Wildman–Crippen LogP) is 4.24. The maximum atomic E-state index is 13.0. The minimum absolute atomic E-state index is 0.165. The Hall–Kier alpha value is -3.03. The van der Waals surface area contributed by atoms with Crippen LogP contribution in [0.15, 0.2) is 35.6 Å². The van der Waals surface area contributed by atoms with Crippen molar-refractivity contribution >= 4 is 23.6 Å². The highest BCUT2D eigenvalue weighted by molar-refractivity contribution is 6.23. The smallest absolute Gasteiger partial charge is 0.410 e. The summed E-state index contributed by atoms with van der Waals surface area (Å²) in [5, 5.41) is 16.5. The molecule has 2 fully saturated rings. The van der Waals surface area contributed by atoms with Gasteiger partial charge >= 0.3 is 6.09 Å². The lowest BCUT2D eigenvalue weighted by atomic mass is 9.84. The summed E-state index contributed by atoms with van der Waals surface area (Å²) in [5.74, 6) is -1.54. The molecule has 184 valence electrons. The molecule has 1 saturated heterocycles. The third-order valence-corrected chi connectivity index (χ3v) is 6.89. The molecule has 0 radical (unpaired) electrons. The first-order valence-corrected chi connectivity index (χ1v) is 12.3. The largest absolute Gasteiger partial charge is 0.511 e. The van der Waals surface area contributed by atoms with Gasteiger partial charge in [0.15, 0.2) is 0 Å². The lowest BCUT2D eigenvalue weighted by molar-refractivity contribution is -0.124. The second-order valence-corrected chi connectivity index (χ2v) is 10.6. The molecular formula is C26H35N3O5. The summed E-state index contributed by atoms with van der Waals surface area (Å²) in [7, 11) is 0. The van der Waals surface area contributed by atoms with Gasteiger partial charge in [0, 0.05) is 24.8 Å². The van der Waals surface area contributed by atoms with E-state index in [-0.39, 0.29) is 23.9 Å². The maximum Gasteiger partial charge on any atom is 0.410 e. The van der Waals surface area contributed by atoms with Crippen LogP contribution in [0.2, 0.25) is 0 Å². The Morgan fingerprint density at radius 3 is 2.41 bits per heavy atom. The van der Waals surface area contributed by atoms with Gasteiger partial charge in [-0.1, -0.05) is 31.4 Å². The van der Waals surface area contributed by atoms with Crippen LogP contribution in [-0.2, 0) is 14.3 Å². The molecule has 3 aliphatic rings. The molecule has 1 saturated carbocycles. The van der Waals surface area contributed by atoms with Crippen molar-refractivity contribution in [3.8, 4) is 0 Å². The molecule has 1 aliphatic carbocycles. The number of ether oxygens (including phenoxy) is 1. The fourth-order valence-electron chi connectivity index (χ4n) is 5.12. The quantitative estimate of drug-likeness (QED) is 0.574. The number of rotatable bonds is 3. The number of nitrogens with one attached hydrogen (secondary N) is 2. The van der Waals surface area contributed by atoms with E-state index in [2.05, 4.69) is 10.6 Å². The van der Waals surface area contributed by atoms with Gasteiger partial charge in [0.05, 0.1) is 5.92 Å². The van der Waals surface area contributed by atoms with Gasteiger partial charge in [-0.2, -0.15) is 0 Å². The van der Waals surface area contributed by atoms with Crippen molar-refractivity contribution in [2.75, 3.05) is 18.4 Å². The molecule has 2 unspecified atom stereocenters. The number of anilines is 1. The van der Waals surface area contributed by atoms with Crippen molar-refractivity contribution in [3.05, 3.63) is 41.2 Å². The molecule has 1 aromatic rings. The standard InChI is InChI=1S/C26H35N3O5/c1-26(2,3)34-25(33)29-14-13-20-19(15-29)22(30)21(24(32)28-20)23(31)27-18-11-9-17(10-12-18)16-7-5-4-6-8-16/h9-12,16,19-20,30H,4-8,13-15H2,1-3H3,(H,27,31)(H,28,32). The van der Waals surface area contributed by atoms with E-state index in [9.17, 15) is 19.5 Å². The van der Waals surface area contributed by atoms with Crippen LogP contribution in [0.25, 0.3) is 0 Å². The average Bonchev–Trinajstić information content (AvgIpc) is 2.79. The van der Waals surface area contributed by atoms with Crippen molar-refractivity contribution in [2.45, 2.75) is 76.9 Å². The Bertz CT molecular complexity index is 973. The molecule has 34 heavy (non-hydrogen) atoms. The molecule has 1 aromatic carbocycles. The van der Waals surface area contributed by atoms with E-state index >= 15 is 0 Å². The fraction of sp³-hybridized carbons (Fsp3) is 0.577. The Kier molecular flexibility index (Phi) is 6.86. The van der Waals surface area contributed by atoms with Gasteiger partial charge in [-0.05, 0) is 63.6 Å². The highest BCUT2D eigenvalue weighted by Crippen LogP contribution is 2.33. The maximum absolute atomic E-state index is 13.0. The number of aliphatic hydroxyl groups excluding tert-OH is 1. The first-order chi connectivity index (χ1) is 16.1. The van der Waals surface area contributed by atoms with Crippen LogP contribution in [0, 0.1) is 5.92 Å². The minimum atomic E-state index is -0.659. The SMILES string of the molecule is CC(C)(C)OC(=O)N1CCC2NC(=O)C(C(=O)Nc3ccc(C4CCCCC4)cc3)=C(O)C2C1. The number of likely N-dealkylation sites (tertiary alicyclic amines) is 1. The summed E-state index contributed by atoms with van der Waals surface area (Å²) in [6, 6.07) is 7.40. The molecule has 0 spiro atoms. The van der Waals surface area contributed by atoms with Crippen LogP contribution in [0.4, 0.5) is 10.5 Å². The number of nitrogens with zero attached hydrogens (tertiary/aromatic N) is 1. The number of fused-ring (bicyclic) bond motifs is 1. The zero-order chi connectivity index (χ0) is 24.5. The summed E-state index contributed by atoms with van der Waals surface area (Å²) in [5.41, 5.74) is 0.898. The molecule has 2 aliphatic heterocycles. The zero-order valence-corrected chi connectivity index (χ0v) is 20.2. The first-order valence-electron chi connectivity index (χ1n) is 12.3. The van der Waals surface area contributed by atoms with Gasteiger partial charge in [-0.15, -0.1) is 0 Å². The Balaban J connectivity index is 1.46. The highest BCUT2D eigenvalue weighted by Gasteiger charge is 2.43. The average molecular weight is 470 g/mol. The van der Waals surface area contributed by atoms with Crippen LogP contribution in [0.5, 0.6) is 0 Å². The van der Waals surface area contributed by atoms with Crippen molar-refractivity contribution in [1.29, 1.82) is 0 Å². The van der Waals surface area contributed by atoms with E-state index in [1.165, 1.54) is 42.6 Å². The monoisotopic (exact) mass is 469 g/mol. The van der Waals surface area contributed by atoms with Crippen molar-refractivity contribution in [3.63, 3.8) is 0 Å². The lowest BCUT2D eigenvalue weighted by Crippen LogP contribution is -2.57. The Morgan fingerprint density at radius 1 is 1.09 bits per heavy atom. The number of aliphatic hydroxyl groups is 1. The van der Waals surface area contributed by atoms with Gasteiger partial charge in [0.25, 0.3) is 11.8 Å². The number of amides is 3. The lowest BCUT2D eigenvalue weighted by Gasteiger charge is -2.41. The van der Waals surface area contributed by atoms with Crippen LogP contribution < -0.4 is 10.6 Å². The number of hydrogen-bond donors (Lipinski definition) is 3. The van der Waals surface area contributed by atoms with Gasteiger partial charge in [-0.3, -0.25) is 9.59 Å². The van der Waals surface area contributed by atoms with Crippen molar-refractivity contribution in [1.82, 2.24) is 10.2 Å². The zero-order valence-electron chi connectivity index (χ0n) is 20.2. The first kappa shape index (κ1) is 24.1. The highest BCUT2D eigenvalue weighted by atomic mass is 16.6. The molecule has 0 aromatic heterocycles. The summed E-state index contributed by atoms with van der Waals surface area (Å²) in [4.78, 5) is 39.6. The third kappa shape index (κ3) is 5.37. The Morgan fingerprint density at radius 2 is 1.76 bits per heavy atom. The summed E-state index contributed by atoms with van der Waals surface area (Å²) < 4.78 is 5.44. The molecule has 4 rings (SSSR count). The molecule has 2 heterocycles. The second-order valence-electron chi connectivity index (χ2n) is 10.6. The molecule has 2 atom stereocenters. The van der Waals surface area contributed by atoms with Gasteiger partial charge in [0.2, 0.25) is 0 Å². The Labute approximate surface area is 200 Å². The van der Waals surface area contributed by atoms with E-state index in [0.29, 0.717) is 24.6 Å². The minimum Gasteiger partial charge on any atom is -0.511 e.